The molecule has 0 N–H and O–H groups in total. The van der Waals surface area contributed by atoms with Gasteiger partial charge in [0.15, 0.2) is 0 Å². The zero-order valence-corrected chi connectivity index (χ0v) is 30.3. The monoisotopic (exact) mass is 732 g/mol. The molecule has 12 nitrogen and oxygen atoms in total. The number of carbonyl (C=O) groups is 2. The van der Waals surface area contributed by atoms with Crippen LogP contribution in [0.3, 0.4) is 0 Å². The zero-order valence-electron chi connectivity index (χ0n) is 30.3. The maximum Gasteiger partial charge on any atom is 0.338 e. The summed E-state index contributed by atoms with van der Waals surface area (Å²) in [5.74, 6) is 1.71. The normalized spacial score (nSPS) is 11.3. The van der Waals surface area contributed by atoms with Crippen LogP contribution in [-0.4, -0.2) is 25.2 Å². The van der Waals surface area contributed by atoms with Gasteiger partial charge >= 0.3 is 11.9 Å². The van der Waals surface area contributed by atoms with Gasteiger partial charge in [-0.1, -0.05) is 0 Å². The largest absolute Gasteiger partial charge is 0.462 e. The van der Waals surface area contributed by atoms with Gasteiger partial charge in [-0.05, 0) is 166 Å². The topological polar surface area (TPSA) is 145 Å². The van der Waals surface area contributed by atoms with Crippen LogP contribution in [0.2, 0.25) is 0 Å². The summed E-state index contributed by atoms with van der Waals surface area (Å²) in [4.78, 5) is 23.7. The van der Waals surface area contributed by atoms with E-state index in [1.54, 1.807) is 111 Å². The smallest absolute Gasteiger partial charge is 0.338 e. The molecule has 6 aromatic carbocycles. The molecule has 0 aromatic heterocycles. The second kappa shape index (κ2) is 18.4. The number of rotatable bonds is 14. The lowest BCUT2D eigenvalue weighted by Crippen LogP contribution is -2.03. The third-order valence-electron chi connectivity index (χ3n) is 7.74. The Labute approximate surface area is 317 Å². The van der Waals surface area contributed by atoms with Crippen LogP contribution in [0.15, 0.2) is 170 Å². The number of hydrogen-bond acceptors (Lipinski definition) is 12. The van der Waals surface area contributed by atoms with Crippen LogP contribution in [0.1, 0.15) is 40.1 Å². The maximum absolute atomic E-state index is 11.8. The summed E-state index contributed by atoms with van der Waals surface area (Å²) in [5, 5.41) is 26.1. The summed E-state index contributed by atoms with van der Waals surface area (Å²) in [6.45, 7) is 6.12. The van der Waals surface area contributed by atoms with Crippen molar-refractivity contribution in [1.82, 2.24) is 0 Å². The van der Waals surface area contributed by atoms with Crippen LogP contribution in [0.5, 0.6) is 23.0 Å². The Hall–Kier alpha value is -7.34. The Morgan fingerprint density at radius 2 is 0.727 bits per heavy atom. The molecule has 12 heteroatoms. The van der Waals surface area contributed by atoms with E-state index in [0.717, 1.165) is 5.56 Å². The first kappa shape index (κ1) is 37.4. The number of esters is 2. The number of nitrogens with zero attached hydrogens (tertiary/aromatic N) is 6. The third kappa shape index (κ3) is 10.8. The van der Waals surface area contributed by atoms with E-state index in [-0.39, 0.29) is 11.9 Å². The van der Waals surface area contributed by atoms with Crippen molar-refractivity contribution in [2.45, 2.75) is 20.8 Å². The molecule has 6 aromatic rings. The fourth-order valence-electron chi connectivity index (χ4n) is 4.92. The number of aryl methyl sites for hydroxylation is 1. The van der Waals surface area contributed by atoms with Gasteiger partial charge in [-0.25, -0.2) is 9.59 Å². The highest BCUT2D eigenvalue weighted by molar-refractivity contribution is 5.90. The molecule has 0 spiro atoms. The summed E-state index contributed by atoms with van der Waals surface area (Å²) in [6.07, 6.45) is 0. The van der Waals surface area contributed by atoms with Crippen molar-refractivity contribution >= 4 is 46.1 Å². The molecule has 0 radical (unpaired) electrons. The van der Waals surface area contributed by atoms with Crippen molar-refractivity contribution in [1.29, 1.82) is 0 Å². The van der Waals surface area contributed by atoms with Crippen LogP contribution >= 0.6 is 0 Å². The summed E-state index contributed by atoms with van der Waals surface area (Å²) in [6, 6.07) is 40.8. The van der Waals surface area contributed by atoms with Crippen LogP contribution in [-0.2, 0) is 9.47 Å². The van der Waals surface area contributed by atoms with Gasteiger partial charge in [-0.2, -0.15) is 30.7 Å². The van der Waals surface area contributed by atoms with Crippen molar-refractivity contribution < 1.29 is 28.5 Å². The fraction of sp³-hybridized carbons (Fsp3) is 0.116. The van der Waals surface area contributed by atoms with Gasteiger partial charge in [0.2, 0.25) is 0 Å². The van der Waals surface area contributed by atoms with Crippen molar-refractivity contribution in [3.63, 3.8) is 0 Å². The standard InChI is InChI=1S/C43H36N6O6/c1-4-52-42(50)30-6-19-37(20-7-30)54-39-23-14-34(15-24-39)45-44-32-10-12-33(13-11-32)47-49-41-27-18-36(28-29(41)3)48-46-35-16-25-40(26-17-35)55-38-21-8-31(9-22-38)43(51)53-5-2/h6-28H,4-5H2,1-3H3. The molecule has 0 saturated carbocycles. The summed E-state index contributed by atoms with van der Waals surface area (Å²) >= 11 is 0. The highest BCUT2D eigenvalue weighted by atomic mass is 16.5. The SMILES string of the molecule is CCOC(=O)c1ccc(Oc2ccc(N=Nc3ccc(N=Nc4ccc(N=Nc5ccc(Oc6ccc(C(=O)OCC)cc6)cc5)cc4C)cc3)cc2)cc1. The lowest BCUT2D eigenvalue weighted by Gasteiger charge is -2.07. The minimum absolute atomic E-state index is 0.323. The van der Waals surface area contributed by atoms with E-state index in [1.807, 2.05) is 49.4 Å². The average Bonchev–Trinajstić information content (AvgIpc) is 3.21. The van der Waals surface area contributed by atoms with E-state index < -0.39 is 0 Å². The molecule has 0 bridgehead atoms. The second-order valence-corrected chi connectivity index (χ2v) is 11.8. The molecule has 6 rings (SSSR count). The van der Waals surface area contributed by atoms with E-state index in [0.29, 0.717) is 81.5 Å². The number of hydrogen-bond donors (Lipinski definition) is 0. The summed E-state index contributed by atoms with van der Waals surface area (Å²) in [7, 11) is 0. The summed E-state index contributed by atoms with van der Waals surface area (Å²) < 4.78 is 21.8. The zero-order chi connectivity index (χ0) is 38.4. The summed E-state index contributed by atoms with van der Waals surface area (Å²) in [5.41, 5.74) is 5.87. The lowest BCUT2D eigenvalue weighted by molar-refractivity contribution is 0.0516. The number of ether oxygens (including phenoxy) is 4. The number of azo groups is 3. The third-order valence-corrected chi connectivity index (χ3v) is 7.74. The Balaban J connectivity index is 0.977. The van der Waals surface area contributed by atoms with Gasteiger partial charge in [0.25, 0.3) is 0 Å². The Morgan fingerprint density at radius 1 is 0.418 bits per heavy atom. The first-order valence-corrected chi connectivity index (χ1v) is 17.4. The van der Waals surface area contributed by atoms with Crippen LogP contribution in [0, 0.1) is 6.92 Å². The minimum Gasteiger partial charge on any atom is -0.462 e. The molecule has 0 unspecified atom stereocenters. The van der Waals surface area contributed by atoms with E-state index in [1.165, 1.54) is 0 Å². The predicted octanol–water partition coefficient (Wildman–Crippen LogP) is 13.2. The van der Waals surface area contributed by atoms with Gasteiger partial charge in [-0.3, -0.25) is 0 Å². The molecular weight excluding hydrogens is 697 g/mol. The van der Waals surface area contributed by atoms with E-state index in [4.69, 9.17) is 18.9 Å². The quantitative estimate of drug-likeness (QED) is 0.0804. The minimum atomic E-state index is -0.367. The maximum atomic E-state index is 11.8. The molecule has 0 heterocycles. The van der Waals surface area contributed by atoms with Crippen molar-refractivity contribution in [3.05, 3.63) is 156 Å². The highest BCUT2D eigenvalue weighted by Crippen LogP contribution is 2.30. The molecule has 55 heavy (non-hydrogen) atoms. The number of benzene rings is 6. The van der Waals surface area contributed by atoms with Gasteiger partial charge in [0, 0.05) is 0 Å². The van der Waals surface area contributed by atoms with Gasteiger partial charge in [-0.15, -0.1) is 0 Å². The molecular formula is C43H36N6O6. The molecule has 0 fully saturated rings. The first-order valence-electron chi connectivity index (χ1n) is 17.4. The molecule has 0 aliphatic rings. The van der Waals surface area contributed by atoms with Crippen molar-refractivity contribution in [3.8, 4) is 23.0 Å². The second-order valence-electron chi connectivity index (χ2n) is 11.8. The van der Waals surface area contributed by atoms with Crippen LogP contribution < -0.4 is 9.47 Å². The van der Waals surface area contributed by atoms with E-state index >= 15 is 0 Å². The molecule has 0 amide bonds. The molecule has 0 aliphatic heterocycles. The Bertz CT molecular complexity index is 2310. The molecule has 274 valence electrons. The number of carbonyl (C=O) groups excluding carboxylic acids is 2. The van der Waals surface area contributed by atoms with Crippen LogP contribution in [0.25, 0.3) is 0 Å². The van der Waals surface area contributed by atoms with E-state index in [9.17, 15) is 9.59 Å². The van der Waals surface area contributed by atoms with Gasteiger partial charge in [0.1, 0.15) is 23.0 Å². The Kier molecular flexibility index (Phi) is 12.5. The fourth-order valence-corrected chi connectivity index (χ4v) is 4.92. The van der Waals surface area contributed by atoms with Gasteiger partial charge in [0.05, 0.1) is 58.5 Å². The molecule has 0 aliphatic carbocycles. The molecule has 0 saturated heterocycles. The predicted molar refractivity (Wildman–Crippen MR) is 208 cm³/mol. The lowest BCUT2D eigenvalue weighted by atomic mass is 10.2. The van der Waals surface area contributed by atoms with Crippen molar-refractivity contribution in [2.75, 3.05) is 13.2 Å². The van der Waals surface area contributed by atoms with Crippen molar-refractivity contribution in [2.24, 2.45) is 30.7 Å². The van der Waals surface area contributed by atoms with E-state index in [2.05, 4.69) is 30.7 Å². The highest BCUT2D eigenvalue weighted by Gasteiger charge is 2.08. The van der Waals surface area contributed by atoms with Crippen LogP contribution in [0.4, 0.5) is 34.1 Å². The Morgan fingerprint density at radius 3 is 1.09 bits per heavy atom. The first-order chi connectivity index (χ1) is 26.8. The van der Waals surface area contributed by atoms with Gasteiger partial charge < -0.3 is 18.9 Å². The average molecular weight is 733 g/mol. The molecule has 0 atom stereocenters.